The van der Waals surface area contributed by atoms with Crippen LogP contribution in [0.2, 0.25) is 0 Å². The summed E-state index contributed by atoms with van der Waals surface area (Å²) < 4.78 is 5.64. The van der Waals surface area contributed by atoms with E-state index < -0.39 is 5.60 Å². The van der Waals surface area contributed by atoms with Gasteiger partial charge in [-0.25, -0.2) is 0 Å². The number of nitrogens with zero attached hydrogens (tertiary/aromatic N) is 1. The number of ether oxygens (including phenoxy) is 1. The minimum atomic E-state index is -1.14. The van der Waals surface area contributed by atoms with E-state index in [4.69, 9.17) is 4.74 Å². The number of aliphatic hydroxyl groups is 1. The van der Waals surface area contributed by atoms with Gasteiger partial charge >= 0.3 is 0 Å². The number of hydrogen-bond acceptors (Lipinski definition) is 3. The van der Waals surface area contributed by atoms with Gasteiger partial charge in [-0.3, -0.25) is 0 Å². The Labute approximate surface area is 179 Å². The molecular weight excluding hydrogens is 370 g/mol. The van der Waals surface area contributed by atoms with Crippen molar-refractivity contribution in [2.24, 2.45) is 0 Å². The van der Waals surface area contributed by atoms with Crippen LogP contribution in [0.3, 0.4) is 0 Å². The molecule has 0 bridgehead atoms. The third-order valence-corrected chi connectivity index (χ3v) is 6.17. The summed E-state index contributed by atoms with van der Waals surface area (Å²) in [4.78, 5) is 2.49. The second-order valence-corrected chi connectivity index (χ2v) is 8.06. The SMILES string of the molecule is CCOc1ccc([C@@](O)(c2ccccc2)[C@@H](CN2CCCC2)c2ccccc2)cc1. The minimum Gasteiger partial charge on any atom is -0.494 e. The summed E-state index contributed by atoms with van der Waals surface area (Å²) in [6.07, 6.45) is 2.46. The van der Waals surface area contributed by atoms with E-state index in [0.717, 1.165) is 42.1 Å². The quantitative estimate of drug-likeness (QED) is 0.563. The summed E-state index contributed by atoms with van der Waals surface area (Å²) in [5.74, 6) is 0.740. The van der Waals surface area contributed by atoms with Gasteiger partial charge in [0.2, 0.25) is 0 Å². The van der Waals surface area contributed by atoms with Gasteiger partial charge in [0.25, 0.3) is 0 Å². The highest BCUT2D eigenvalue weighted by Gasteiger charge is 2.42. The van der Waals surface area contributed by atoms with Gasteiger partial charge in [0.15, 0.2) is 0 Å². The highest BCUT2D eigenvalue weighted by atomic mass is 16.5. The largest absolute Gasteiger partial charge is 0.494 e. The molecular formula is C27H31NO2. The molecule has 30 heavy (non-hydrogen) atoms. The predicted molar refractivity (Wildman–Crippen MR) is 122 cm³/mol. The van der Waals surface area contributed by atoms with Crippen LogP contribution in [0.25, 0.3) is 0 Å². The first-order valence-corrected chi connectivity index (χ1v) is 11.0. The van der Waals surface area contributed by atoms with Crippen molar-refractivity contribution in [1.29, 1.82) is 0 Å². The van der Waals surface area contributed by atoms with Crippen molar-refractivity contribution in [2.45, 2.75) is 31.3 Å². The lowest BCUT2D eigenvalue weighted by Gasteiger charge is -2.40. The van der Waals surface area contributed by atoms with E-state index in [2.05, 4.69) is 29.2 Å². The number of benzene rings is 3. The molecule has 1 saturated heterocycles. The molecule has 3 aromatic rings. The van der Waals surface area contributed by atoms with E-state index in [9.17, 15) is 5.11 Å². The molecule has 0 aliphatic carbocycles. The van der Waals surface area contributed by atoms with Crippen LogP contribution in [0.15, 0.2) is 84.9 Å². The average Bonchev–Trinajstić information content (AvgIpc) is 3.32. The molecule has 0 radical (unpaired) electrons. The standard InChI is InChI=1S/C27H31NO2/c1-2-30-25-17-15-24(16-18-25)27(29,23-13-7-4-8-14-23)26(21-28-19-9-10-20-28)22-11-5-3-6-12-22/h3-8,11-18,26,29H,2,9-10,19-21H2,1H3/t26-,27-/m0/s1. The maximum absolute atomic E-state index is 12.5. The van der Waals surface area contributed by atoms with Crippen LogP contribution in [0.5, 0.6) is 5.75 Å². The van der Waals surface area contributed by atoms with Gasteiger partial charge in [-0.05, 0) is 61.7 Å². The van der Waals surface area contributed by atoms with Crippen LogP contribution in [-0.2, 0) is 5.60 Å². The van der Waals surface area contributed by atoms with Crippen molar-refractivity contribution < 1.29 is 9.84 Å². The molecule has 4 rings (SSSR count). The Hall–Kier alpha value is -2.62. The Bertz CT molecular complexity index is 905. The van der Waals surface area contributed by atoms with Crippen LogP contribution in [0, 0.1) is 0 Å². The van der Waals surface area contributed by atoms with Crippen molar-refractivity contribution in [3.8, 4) is 5.75 Å². The van der Waals surface area contributed by atoms with E-state index >= 15 is 0 Å². The topological polar surface area (TPSA) is 32.7 Å². The fourth-order valence-electron chi connectivity index (χ4n) is 4.62. The molecule has 3 heteroatoms. The summed E-state index contributed by atoms with van der Waals surface area (Å²) in [7, 11) is 0. The molecule has 1 fully saturated rings. The molecule has 1 heterocycles. The molecule has 2 atom stereocenters. The van der Waals surface area contributed by atoms with Gasteiger partial charge < -0.3 is 14.7 Å². The Balaban J connectivity index is 1.83. The normalized spacial score (nSPS) is 17.4. The van der Waals surface area contributed by atoms with Crippen molar-refractivity contribution in [2.75, 3.05) is 26.2 Å². The lowest BCUT2D eigenvalue weighted by atomic mass is 9.72. The van der Waals surface area contributed by atoms with E-state index in [1.165, 1.54) is 12.8 Å². The van der Waals surface area contributed by atoms with Crippen LogP contribution in [-0.4, -0.2) is 36.2 Å². The molecule has 0 saturated carbocycles. The highest BCUT2D eigenvalue weighted by Crippen LogP contribution is 2.43. The van der Waals surface area contributed by atoms with Crippen LogP contribution in [0.1, 0.15) is 42.4 Å². The van der Waals surface area contributed by atoms with Gasteiger partial charge in [-0.2, -0.15) is 0 Å². The molecule has 0 unspecified atom stereocenters. The summed E-state index contributed by atoms with van der Waals surface area (Å²) in [5.41, 5.74) is 1.83. The molecule has 3 aromatic carbocycles. The van der Waals surface area contributed by atoms with Gasteiger partial charge in [-0.1, -0.05) is 72.8 Å². The Morgan fingerprint density at radius 1 is 0.833 bits per heavy atom. The Morgan fingerprint density at radius 3 is 2.00 bits per heavy atom. The summed E-state index contributed by atoms with van der Waals surface area (Å²) in [6.45, 7) is 5.62. The molecule has 0 aromatic heterocycles. The van der Waals surface area contributed by atoms with Crippen molar-refractivity contribution in [3.63, 3.8) is 0 Å². The van der Waals surface area contributed by atoms with E-state index in [0.29, 0.717) is 6.61 Å². The summed E-state index contributed by atoms with van der Waals surface area (Å²) in [6, 6.07) is 28.5. The lowest BCUT2D eigenvalue weighted by Crippen LogP contribution is -2.41. The van der Waals surface area contributed by atoms with Gasteiger partial charge in [0, 0.05) is 12.5 Å². The van der Waals surface area contributed by atoms with Gasteiger partial charge in [0.1, 0.15) is 11.4 Å². The monoisotopic (exact) mass is 401 g/mol. The van der Waals surface area contributed by atoms with Crippen LogP contribution in [0.4, 0.5) is 0 Å². The third kappa shape index (κ3) is 4.28. The zero-order valence-electron chi connectivity index (χ0n) is 17.7. The maximum atomic E-state index is 12.5. The first kappa shape index (κ1) is 20.6. The van der Waals surface area contributed by atoms with Crippen LogP contribution < -0.4 is 4.74 Å². The van der Waals surface area contributed by atoms with Crippen LogP contribution >= 0.6 is 0 Å². The fourth-order valence-corrected chi connectivity index (χ4v) is 4.62. The first-order valence-electron chi connectivity index (χ1n) is 11.0. The first-order chi connectivity index (χ1) is 14.7. The summed E-state index contributed by atoms with van der Waals surface area (Å²) >= 11 is 0. The lowest BCUT2D eigenvalue weighted by molar-refractivity contribution is 0.0366. The zero-order chi connectivity index (χ0) is 20.8. The fraction of sp³-hybridized carbons (Fsp3) is 0.333. The van der Waals surface area contributed by atoms with Crippen molar-refractivity contribution >= 4 is 0 Å². The molecule has 0 amide bonds. The molecule has 3 nitrogen and oxygen atoms in total. The predicted octanol–water partition coefficient (Wildman–Crippen LogP) is 5.20. The smallest absolute Gasteiger partial charge is 0.123 e. The zero-order valence-corrected chi connectivity index (χ0v) is 17.7. The van der Waals surface area contributed by atoms with Gasteiger partial charge in [-0.15, -0.1) is 0 Å². The summed E-state index contributed by atoms with van der Waals surface area (Å²) in [5, 5.41) is 12.5. The second kappa shape index (κ2) is 9.46. The molecule has 1 aliphatic rings. The van der Waals surface area contributed by atoms with Gasteiger partial charge in [0.05, 0.1) is 6.61 Å². The minimum absolute atomic E-state index is 0.0860. The maximum Gasteiger partial charge on any atom is 0.123 e. The highest BCUT2D eigenvalue weighted by molar-refractivity contribution is 5.43. The van der Waals surface area contributed by atoms with E-state index in [-0.39, 0.29) is 5.92 Å². The molecule has 1 N–H and O–H groups in total. The average molecular weight is 402 g/mol. The third-order valence-electron chi connectivity index (χ3n) is 6.17. The number of likely N-dealkylation sites (tertiary alicyclic amines) is 1. The number of rotatable bonds is 8. The molecule has 156 valence electrons. The van der Waals surface area contributed by atoms with Crippen molar-refractivity contribution in [1.82, 2.24) is 4.90 Å². The molecule has 0 spiro atoms. The van der Waals surface area contributed by atoms with Crippen molar-refractivity contribution in [3.05, 3.63) is 102 Å². The van der Waals surface area contributed by atoms with E-state index in [1.807, 2.05) is 67.6 Å². The number of hydrogen-bond donors (Lipinski definition) is 1. The molecule has 1 aliphatic heterocycles. The Morgan fingerprint density at radius 2 is 1.40 bits per heavy atom. The second-order valence-electron chi connectivity index (χ2n) is 8.06. The van der Waals surface area contributed by atoms with E-state index in [1.54, 1.807) is 0 Å². The Kier molecular flexibility index (Phi) is 6.51.